The number of ether oxygens (including phenoxy) is 1. The summed E-state index contributed by atoms with van der Waals surface area (Å²) in [6.45, 7) is 3.16. The largest absolute Gasteiger partial charge is 0.392 e. The van der Waals surface area contributed by atoms with Crippen molar-refractivity contribution in [1.29, 1.82) is 0 Å². The summed E-state index contributed by atoms with van der Waals surface area (Å²) in [4.78, 5) is 30.2. The predicted molar refractivity (Wildman–Crippen MR) is 67.8 cm³/mol. The highest BCUT2D eigenvalue weighted by atomic mass is 16.5. The number of carbonyl (C=O) groups is 2. The number of fused-ring (bicyclic) bond motifs is 2. The molecular weight excluding hydrogens is 262 g/mol. The molecule has 7 nitrogen and oxygen atoms in total. The van der Waals surface area contributed by atoms with Crippen LogP contribution in [-0.4, -0.2) is 95.2 Å². The van der Waals surface area contributed by atoms with E-state index >= 15 is 0 Å². The van der Waals surface area contributed by atoms with Crippen molar-refractivity contribution in [3.63, 3.8) is 0 Å². The minimum absolute atomic E-state index is 0.121. The summed E-state index contributed by atoms with van der Waals surface area (Å²) in [6, 6.07) is 0.0647. The molecule has 0 aromatic carbocycles. The molecule has 0 unspecified atom stereocenters. The van der Waals surface area contributed by atoms with Gasteiger partial charge in [-0.3, -0.25) is 24.3 Å². The van der Waals surface area contributed by atoms with E-state index < -0.39 is 11.6 Å². The lowest BCUT2D eigenvalue weighted by Crippen LogP contribution is -2.83. The van der Waals surface area contributed by atoms with Crippen molar-refractivity contribution in [2.24, 2.45) is 0 Å². The topological polar surface area (TPSA) is 73.3 Å². The normalized spacial score (nSPS) is 38.0. The highest BCUT2D eigenvalue weighted by Gasteiger charge is 2.64. The molecule has 0 aliphatic carbocycles. The van der Waals surface area contributed by atoms with Gasteiger partial charge < -0.3 is 9.84 Å². The molecular formula is C13H19N3O4. The minimum Gasteiger partial charge on any atom is -0.392 e. The second-order valence-electron chi connectivity index (χ2n) is 6.39. The zero-order valence-electron chi connectivity index (χ0n) is 11.5. The van der Waals surface area contributed by atoms with Crippen LogP contribution in [0.3, 0.4) is 0 Å². The Morgan fingerprint density at radius 1 is 1.30 bits per heavy atom. The number of imide groups is 1. The molecule has 2 amide bonds. The number of piperazine rings is 1. The zero-order valence-corrected chi connectivity index (χ0v) is 11.5. The molecule has 2 atom stereocenters. The lowest BCUT2D eigenvalue weighted by Gasteiger charge is -2.60. The van der Waals surface area contributed by atoms with Crippen LogP contribution in [0.25, 0.3) is 0 Å². The van der Waals surface area contributed by atoms with Crippen molar-refractivity contribution in [2.75, 3.05) is 39.9 Å². The Labute approximate surface area is 117 Å². The fraction of sp³-hybridized carbons (Fsp3) is 0.846. The van der Waals surface area contributed by atoms with Gasteiger partial charge in [-0.05, 0) is 6.42 Å². The lowest BCUT2D eigenvalue weighted by atomic mass is 9.81. The van der Waals surface area contributed by atoms with Crippen molar-refractivity contribution in [1.82, 2.24) is 14.7 Å². The van der Waals surface area contributed by atoms with Crippen molar-refractivity contribution >= 4 is 11.8 Å². The molecule has 0 bridgehead atoms. The SMILES string of the molecule is CN1C(=O)[C@@H]2C[C@@H](O)CN2C2(CN(C3COC3)C2)C1=O. The molecule has 4 heterocycles. The Morgan fingerprint density at radius 2 is 2.00 bits per heavy atom. The van der Waals surface area contributed by atoms with Crippen LogP contribution < -0.4 is 0 Å². The van der Waals surface area contributed by atoms with Gasteiger partial charge in [0.1, 0.15) is 5.54 Å². The molecule has 0 aromatic rings. The second kappa shape index (κ2) is 4.00. The summed E-state index contributed by atoms with van der Waals surface area (Å²) in [5.41, 5.74) is -0.611. The third-order valence-electron chi connectivity index (χ3n) is 5.21. The first kappa shape index (κ1) is 12.7. The maximum Gasteiger partial charge on any atom is 0.252 e. The van der Waals surface area contributed by atoms with Crippen LogP contribution in [0, 0.1) is 0 Å². The predicted octanol–water partition coefficient (Wildman–Crippen LogP) is -2.13. The Balaban J connectivity index is 1.61. The van der Waals surface area contributed by atoms with E-state index in [1.165, 1.54) is 4.90 Å². The van der Waals surface area contributed by atoms with E-state index in [9.17, 15) is 14.7 Å². The van der Waals surface area contributed by atoms with E-state index in [4.69, 9.17) is 4.74 Å². The maximum absolute atomic E-state index is 12.6. The molecule has 4 aliphatic rings. The molecule has 4 saturated heterocycles. The van der Waals surface area contributed by atoms with Gasteiger partial charge in [0.05, 0.1) is 31.4 Å². The third-order valence-corrected chi connectivity index (χ3v) is 5.21. The average Bonchev–Trinajstić information content (AvgIpc) is 2.69. The summed E-state index contributed by atoms with van der Waals surface area (Å²) in [6.07, 6.45) is -0.0775. The molecule has 0 aromatic heterocycles. The molecule has 1 spiro atoms. The Morgan fingerprint density at radius 3 is 2.60 bits per heavy atom. The van der Waals surface area contributed by atoms with Gasteiger partial charge in [-0.1, -0.05) is 0 Å². The Hall–Kier alpha value is -1.02. The number of aliphatic hydroxyl groups is 1. The van der Waals surface area contributed by atoms with Crippen molar-refractivity contribution in [3.05, 3.63) is 0 Å². The van der Waals surface area contributed by atoms with Gasteiger partial charge in [-0.15, -0.1) is 0 Å². The summed E-state index contributed by atoms with van der Waals surface area (Å²) >= 11 is 0. The summed E-state index contributed by atoms with van der Waals surface area (Å²) < 4.78 is 5.19. The fourth-order valence-corrected chi connectivity index (χ4v) is 3.91. The number of nitrogens with zero attached hydrogens (tertiary/aromatic N) is 3. The Bertz CT molecular complexity index is 472. The molecule has 0 radical (unpaired) electrons. The lowest BCUT2D eigenvalue weighted by molar-refractivity contribution is -0.190. The highest BCUT2D eigenvalue weighted by molar-refractivity contribution is 6.05. The first-order chi connectivity index (χ1) is 9.53. The fourth-order valence-electron chi connectivity index (χ4n) is 3.91. The van der Waals surface area contributed by atoms with E-state index in [0.29, 0.717) is 32.1 Å². The van der Waals surface area contributed by atoms with E-state index in [1.807, 2.05) is 4.90 Å². The van der Waals surface area contributed by atoms with E-state index in [-0.39, 0.29) is 17.9 Å². The number of hydrogen-bond acceptors (Lipinski definition) is 6. The number of carbonyl (C=O) groups excluding carboxylic acids is 2. The van der Waals surface area contributed by atoms with E-state index in [1.54, 1.807) is 7.05 Å². The number of rotatable bonds is 1. The Kier molecular flexibility index (Phi) is 2.54. The van der Waals surface area contributed by atoms with Crippen LogP contribution in [0.5, 0.6) is 0 Å². The van der Waals surface area contributed by atoms with Gasteiger partial charge in [0.2, 0.25) is 5.91 Å². The number of likely N-dealkylation sites (N-methyl/N-ethyl adjacent to an activating group) is 1. The van der Waals surface area contributed by atoms with Gasteiger partial charge in [0.25, 0.3) is 5.91 Å². The van der Waals surface area contributed by atoms with E-state index in [0.717, 1.165) is 13.2 Å². The van der Waals surface area contributed by atoms with Crippen LogP contribution in [-0.2, 0) is 14.3 Å². The van der Waals surface area contributed by atoms with Crippen molar-refractivity contribution < 1.29 is 19.4 Å². The maximum atomic E-state index is 12.6. The quantitative estimate of drug-likeness (QED) is 0.554. The molecule has 7 heteroatoms. The number of likely N-dealkylation sites (tertiary alicyclic amines) is 1. The average molecular weight is 281 g/mol. The molecule has 4 aliphatic heterocycles. The molecule has 0 saturated carbocycles. The van der Waals surface area contributed by atoms with Crippen molar-refractivity contribution in [2.45, 2.75) is 30.1 Å². The van der Waals surface area contributed by atoms with Gasteiger partial charge in [-0.25, -0.2) is 0 Å². The number of aliphatic hydroxyl groups excluding tert-OH is 1. The smallest absolute Gasteiger partial charge is 0.252 e. The number of β-amino-alcohol motifs (C(OH)–C–C–N with tert-alkyl or cyclic N) is 1. The van der Waals surface area contributed by atoms with Crippen LogP contribution in [0.15, 0.2) is 0 Å². The van der Waals surface area contributed by atoms with Gasteiger partial charge in [-0.2, -0.15) is 0 Å². The van der Waals surface area contributed by atoms with Crippen LogP contribution in [0.2, 0.25) is 0 Å². The first-order valence-corrected chi connectivity index (χ1v) is 7.11. The van der Waals surface area contributed by atoms with Gasteiger partial charge in [0.15, 0.2) is 0 Å². The summed E-state index contributed by atoms with van der Waals surface area (Å²) in [7, 11) is 1.56. The highest BCUT2D eigenvalue weighted by Crippen LogP contribution is 2.41. The first-order valence-electron chi connectivity index (χ1n) is 7.11. The third kappa shape index (κ3) is 1.43. The second-order valence-corrected chi connectivity index (χ2v) is 6.39. The van der Waals surface area contributed by atoms with E-state index in [2.05, 4.69) is 4.90 Å². The van der Waals surface area contributed by atoms with Crippen LogP contribution in [0.1, 0.15) is 6.42 Å². The van der Waals surface area contributed by atoms with Gasteiger partial charge >= 0.3 is 0 Å². The number of amides is 2. The summed E-state index contributed by atoms with van der Waals surface area (Å²) in [5.74, 6) is -0.299. The van der Waals surface area contributed by atoms with Crippen LogP contribution >= 0.6 is 0 Å². The molecule has 20 heavy (non-hydrogen) atoms. The molecule has 4 rings (SSSR count). The monoisotopic (exact) mass is 281 g/mol. The van der Waals surface area contributed by atoms with Gasteiger partial charge in [0, 0.05) is 26.7 Å². The zero-order chi connectivity index (χ0) is 14.1. The van der Waals surface area contributed by atoms with Crippen molar-refractivity contribution in [3.8, 4) is 0 Å². The standard InChI is InChI=1S/C13H19N3O4/c1-14-11(18)10-2-9(17)3-16(10)13(12(14)19)6-15(7-13)8-4-20-5-8/h8-10,17H,2-7H2,1H3/t9-,10+/m1/s1. The minimum atomic E-state index is -0.611. The number of hydrogen-bond donors (Lipinski definition) is 1. The summed E-state index contributed by atoms with van der Waals surface area (Å²) in [5, 5.41) is 9.88. The van der Waals surface area contributed by atoms with Crippen LogP contribution in [0.4, 0.5) is 0 Å². The molecule has 4 fully saturated rings. The molecule has 1 N–H and O–H groups in total. The molecule has 110 valence electrons.